The topological polar surface area (TPSA) is 80.4 Å². The molecule has 4 rings (SSSR count). The van der Waals surface area contributed by atoms with Gasteiger partial charge in [0.1, 0.15) is 13.2 Å². The van der Waals surface area contributed by atoms with Gasteiger partial charge in [-0.2, -0.15) is 5.26 Å². The maximum Gasteiger partial charge on any atom is 0.237 e. The molecule has 0 N–H and O–H groups in total. The van der Waals surface area contributed by atoms with Crippen molar-refractivity contribution in [1.82, 2.24) is 9.55 Å². The van der Waals surface area contributed by atoms with Crippen LogP contribution in [-0.4, -0.2) is 41.0 Å². The SMILES string of the molecule is Cc1nc(SCC(=O)N(CCC#N)c2ccc3c(c2)OCCO3)n(C2CCCCC2)c1C. The lowest BCUT2D eigenvalue weighted by Gasteiger charge is -2.26. The number of hydrogen-bond donors (Lipinski definition) is 0. The number of imidazole rings is 1. The summed E-state index contributed by atoms with van der Waals surface area (Å²) in [6.45, 7) is 5.50. The van der Waals surface area contributed by atoms with Gasteiger partial charge in [0.15, 0.2) is 16.7 Å². The summed E-state index contributed by atoms with van der Waals surface area (Å²) in [7, 11) is 0. The fourth-order valence-electron chi connectivity index (χ4n) is 4.43. The lowest BCUT2D eigenvalue weighted by Crippen LogP contribution is -2.33. The van der Waals surface area contributed by atoms with Crippen LogP contribution in [0.1, 0.15) is 56.0 Å². The molecule has 1 aromatic carbocycles. The first-order chi connectivity index (χ1) is 15.6. The Morgan fingerprint density at radius 1 is 1.22 bits per heavy atom. The molecule has 1 fully saturated rings. The number of hydrogen-bond acceptors (Lipinski definition) is 6. The largest absolute Gasteiger partial charge is 0.486 e. The molecular formula is C24H30N4O3S. The van der Waals surface area contributed by atoms with E-state index in [-0.39, 0.29) is 18.1 Å². The Morgan fingerprint density at radius 3 is 2.72 bits per heavy atom. The van der Waals surface area contributed by atoms with Gasteiger partial charge in [-0.3, -0.25) is 4.79 Å². The van der Waals surface area contributed by atoms with Crippen LogP contribution >= 0.6 is 11.8 Å². The molecule has 170 valence electrons. The van der Waals surface area contributed by atoms with Crippen LogP contribution in [-0.2, 0) is 4.79 Å². The number of amides is 1. The van der Waals surface area contributed by atoms with Gasteiger partial charge >= 0.3 is 0 Å². The molecule has 1 aliphatic heterocycles. The first-order valence-corrected chi connectivity index (χ1v) is 12.3. The Kier molecular flexibility index (Phi) is 7.26. The summed E-state index contributed by atoms with van der Waals surface area (Å²) in [5, 5.41) is 10.0. The average molecular weight is 455 g/mol. The highest BCUT2D eigenvalue weighted by Gasteiger charge is 2.24. The van der Waals surface area contributed by atoms with Crippen LogP contribution in [0.15, 0.2) is 23.4 Å². The van der Waals surface area contributed by atoms with E-state index in [1.165, 1.54) is 49.6 Å². The van der Waals surface area contributed by atoms with Gasteiger partial charge in [0.25, 0.3) is 0 Å². The molecule has 2 heterocycles. The highest BCUT2D eigenvalue weighted by molar-refractivity contribution is 7.99. The predicted molar refractivity (Wildman–Crippen MR) is 125 cm³/mol. The second-order valence-corrected chi connectivity index (χ2v) is 9.24. The lowest BCUT2D eigenvalue weighted by atomic mass is 9.95. The Balaban J connectivity index is 1.51. The number of aryl methyl sites for hydroxylation is 1. The maximum absolute atomic E-state index is 13.3. The third kappa shape index (κ3) is 4.88. The van der Waals surface area contributed by atoms with E-state index >= 15 is 0 Å². The van der Waals surface area contributed by atoms with E-state index in [9.17, 15) is 4.79 Å². The number of fused-ring (bicyclic) bond motifs is 1. The molecule has 0 unspecified atom stereocenters. The van der Waals surface area contributed by atoms with Crippen LogP contribution in [0.3, 0.4) is 0 Å². The third-order valence-electron chi connectivity index (χ3n) is 6.20. The molecule has 0 bridgehead atoms. The fourth-order valence-corrected chi connectivity index (χ4v) is 5.47. The Hall–Kier alpha value is -2.66. The molecule has 0 atom stereocenters. The Labute approximate surface area is 193 Å². The van der Waals surface area contributed by atoms with Crippen LogP contribution in [0.4, 0.5) is 5.69 Å². The van der Waals surface area contributed by atoms with Crippen LogP contribution < -0.4 is 14.4 Å². The molecule has 1 amide bonds. The van der Waals surface area contributed by atoms with Gasteiger partial charge in [0.2, 0.25) is 5.91 Å². The summed E-state index contributed by atoms with van der Waals surface area (Å²) >= 11 is 1.49. The van der Waals surface area contributed by atoms with Crippen LogP contribution in [0, 0.1) is 25.2 Å². The number of carbonyl (C=O) groups is 1. The van der Waals surface area contributed by atoms with Gasteiger partial charge in [0.05, 0.1) is 23.9 Å². The first-order valence-electron chi connectivity index (χ1n) is 11.3. The number of nitrogens with zero attached hydrogens (tertiary/aromatic N) is 4. The average Bonchev–Trinajstić information content (AvgIpc) is 3.11. The smallest absolute Gasteiger partial charge is 0.237 e. The number of nitriles is 1. The van der Waals surface area contributed by atoms with Gasteiger partial charge in [-0.05, 0) is 38.8 Å². The van der Waals surface area contributed by atoms with Gasteiger partial charge < -0.3 is 18.9 Å². The zero-order valence-corrected chi connectivity index (χ0v) is 19.6. The zero-order chi connectivity index (χ0) is 22.5. The minimum absolute atomic E-state index is 0.0459. The van der Waals surface area contributed by atoms with E-state index in [0.717, 1.165) is 16.5 Å². The molecule has 1 aromatic heterocycles. The molecule has 1 aliphatic carbocycles. The van der Waals surface area contributed by atoms with E-state index in [2.05, 4.69) is 17.6 Å². The molecule has 2 aliphatic rings. The number of benzene rings is 1. The third-order valence-corrected chi connectivity index (χ3v) is 7.14. The quantitative estimate of drug-likeness (QED) is 0.558. The van der Waals surface area contributed by atoms with Crippen molar-refractivity contribution in [2.24, 2.45) is 0 Å². The predicted octanol–water partition coefficient (Wildman–Crippen LogP) is 4.82. The molecule has 0 spiro atoms. The Morgan fingerprint density at radius 2 is 1.97 bits per heavy atom. The van der Waals surface area contributed by atoms with Crippen molar-refractivity contribution >= 4 is 23.4 Å². The standard InChI is InChI=1S/C24H30N4O3S/c1-17-18(2)28(19-7-4-3-5-8-19)24(26-17)32-16-23(29)27(12-6-11-25)20-9-10-21-22(15-20)31-14-13-30-21/h9-10,15,19H,3-8,12-14,16H2,1-2H3. The van der Waals surface area contributed by atoms with Gasteiger partial charge in [-0.15, -0.1) is 0 Å². The highest BCUT2D eigenvalue weighted by atomic mass is 32.2. The Bertz CT molecular complexity index is 1010. The van der Waals surface area contributed by atoms with Crippen LogP contribution in [0.2, 0.25) is 0 Å². The van der Waals surface area contributed by atoms with Crippen molar-refractivity contribution in [3.8, 4) is 17.6 Å². The maximum atomic E-state index is 13.3. The summed E-state index contributed by atoms with van der Waals surface area (Å²) in [5.41, 5.74) is 2.94. The van der Waals surface area contributed by atoms with Gasteiger partial charge in [0, 0.05) is 30.0 Å². The first kappa shape index (κ1) is 22.5. The number of ether oxygens (including phenoxy) is 2. The van der Waals surface area contributed by atoms with E-state index in [4.69, 9.17) is 19.7 Å². The summed E-state index contributed by atoms with van der Waals surface area (Å²) in [6.07, 6.45) is 6.40. The van der Waals surface area contributed by atoms with E-state index in [1.54, 1.807) is 4.90 Å². The number of rotatable bonds is 7. The van der Waals surface area contributed by atoms with Crippen molar-refractivity contribution in [3.63, 3.8) is 0 Å². The fraction of sp³-hybridized carbons (Fsp3) is 0.542. The molecule has 2 aromatic rings. The van der Waals surface area contributed by atoms with Crippen molar-refractivity contribution in [3.05, 3.63) is 29.6 Å². The minimum atomic E-state index is -0.0459. The van der Waals surface area contributed by atoms with Crippen molar-refractivity contribution < 1.29 is 14.3 Å². The number of thioether (sulfide) groups is 1. The summed E-state index contributed by atoms with van der Waals surface area (Å²) in [4.78, 5) is 19.7. The normalized spacial score (nSPS) is 15.9. The molecule has 1 saturated carbocycles. The van der Waals surface area contributed by atoms with Gasteiger partial charge in [-0.1, -0.05) is 31.0 Å². The highest BCUT2D eigenvalue weighted by Crippen LogP contribution is 2.36. The van der Waals surface area contributed by atoms with Crippen LogP contribution in [0.5, 0.6) is 11.5 Å². The number of aromatic nitrogens is 2. The number of anilines is 1. The van der Waals surface area contributed by atoms with Gasteiger partial charge in [-0.25, -0.2) is 4.98 Å². The van der Waals surface area contributed by atoms with E-state index in [1.807, 2.05) is 25.1 Å². The van der Waals surface area contributed by atoms with Crippen LogP contribution in [0.25, 0.3) is 0 Å². The van der Waals surface area contributed by atoms with E-state index in [0.29, 0.717) is 37.3 Å². The monoisotopic (exact) mass is 454 g/mol. The lowest BCUT2D eigenvalue weighted by molar-refractivity contribution is -0.116. The zero-order valence-electron chi connectivity index (χ0n) is 18.8. The van der Waals surface area contributed by atoms with Crippen molar-refractivity contribution in [1.29, 1.82) is 5.26 Å². The van der Waals surface area contributed by atoms with Crippen molar-refractivity contribution in [2.75, 3.05) is 30.4 Å². The molecule has 7 nitrogen and oxygen atoms in total. The molecule has 32 heavy (non-hydrogen) atoms. The summed E-state index contributed by atoms with van der Waals surface area (Å²) < 4.78 is 13.6. The molecule has 0 radical (unpaired) electrons. The second kappa shape index (κ2) is 10.3. The minimum Gasteiger partial charge on any atom is -0.486 e. The molecular weight excluding hydrogens is 424 g/mol. The molecule has 8 heteroatoms. The summed E-state index contributed by atoms with van der Waals surface area (Å²) in [6, 6.07) is 8.12. The molecule has 0 saturated heterocycles. The summed E-state index contributed by atoms with van der Waals surface area (Å²) in [5.74, 6) is 1.54. The van der Waals surface area contributed by atoms with E-state index < -0.39 is 0 Å². The number of carbonyl (C=O) groups excluding carboxylic acids is 1. The second-order valence-electron chi connectivity index (χ2n) is 8.30. The van der Waals surface area contributed by atoms with Crippen molar-refractivity contribution in [2.45, 2.75) is 63.6 Å².